The predicted molar refractivity (Wildman–Crippen MR) is 87.7 cm³/mol. The summed E-state index contributed by atoms with van der Waals surface area (Å²) in [5, 5.41) is 0. The van der Waals surface area contributed by atoms with Crippen LogP contribution in [0, 0.1) is 5.82 Å². The van der Waals surface area contributed by atoms with Gasteiger partial charge in [-0.25, -0.2) is 9.37 Å². The number of hydrogen-bond donors (Lipinski definition) is 0. The van der Waals surface area contributed by atoms with Gasteiger partial charge in [0.05, 0.1) is 19.8 Å². The number of carbonyl (C=O) groups is 1. The van der Waals surface area contributed by atoms with Gasteiger partial charge in [0.25, 0.3) is 5.91 Å². The van der Waals surface area contributed by atoms with Crippen LogP contribution in [0.25, 0.3) is 0 Å². The fraction of sp³-hybridized carbons (Fsp3) is 0.333. The van der Waals surface area contributed by atoms with Gasteiger partial charge in [-0.15, -0.1) is 0 Å². The molecule has 0 radical (unpaired) electrons. The highest BCUT2D eigenvalue weighted by Crippen LogP contribution is 2.35. The number of carbonyl (C=O) groups excluding carboxylic acids is 1. The summed E-state index contributed by atoms with van der Waals surface area (Å²) in [7, 11) is 0. The summed E-state index contributed by atoms with van der Waals surface area (Å²) < 4.78 is 30.7. The molecule has 130 valence electrons. The smallest absolute Gasteiger partial charge is 0.258 e. The Morgan fingerprint density at radius 3 is 3.08 bits per heavy atom. The first-order valence-corrected chi connectivity index (χ1v) is 8.16. The van der Waals surface area contributed by atoms with Crippen molar-refractivity contribution < 1.29 is 23.4 Å². The zero-order valence-electron chi connectivity index (χ0n) is 13.5. The molecule has 0 aliphatic carbocycles. The molecule has 0 bridgehead atoms. The van der Waals surface area contributed by atoms with Crippen LogP contribution >= 0.6 is 0 Å². The third kappa shape index (κ3) is 3.15. The van der Waals surface area contributed by atoms with E-state index in [0.29, 0.717) is 37.0 Å². The summed E-state index contributed by atoms with van der Waals surface area (Å²) in [5.41, 5.74) is 0.558. The molecule has 0 N–H and O–H groups in total. The average molecular weight is 344 g/mol. The third-order valence-electron chi connectivity index (χ3n) is 4.19. The molecule has 7 heteroatoms. The Morgan fingerprint density at radius 2 is 2.24 bits per heavy atom. The van der Waals surface area contributed by atoms with Crippen molar-refractivity contribution in [1.29, 1.82) is 0 Å². The first kappa shape index (κ1) is 15.8. The molecule has 0 spiro atoms. The second-order valence-electron chi connectivity index (χ2n) is 5.88. The quantitative estimate of drug-likeness (QED) is 0.856. The van der Waals surface area contributed by atoms with E-state index in [0.717, 1.165) is 6.42 Å². The van der Waals surface area contributed by atoms with E-state index in [9.17, 15) is 9.18 Å². The van der Waals surface area contributed by atoms with E-state index in [2.05, 4.69) is 4.98 Å². The van der Waals surface area contributed by atoms with Gasteiger partial charge in [-0.3, -0.25) is 9.69 Å². The summed E-state index contributed by atoms with van der Waals surface area (Å²) in [6, 6.07) is 7.70. The SMILES string of the molecule is O=C(c1ccnc(O[C@H]2CCOC2)c1)N1CCOc2cccc(F)c21. The van der Waals surface area contributed by atoms with Gasteiger partial charge in [0.1, 0.15) is 24.1 Å². The Hall–Kier alpha value is -2.67. The largest absolute Gasteiger partial charge is 0.489 e. The molecular weight excluding hydrogens is 327 g/mol. The van der Waals surface area contributed by atoms with Gasteiger partial charge in [0.2, 0.25) is 5.88 Å². The Morgan fingerprint density at radius 1 is 1.32 bits per heavy atom. The van der Waals surface area contributed by atoms with E-state index in [1.54, 1.807) is 24.3 Å². The molecule has 2 aliphatic rings. The Balaban J connectivity index is 1.60. The summed E-state index contributed by atoms with van der Waals surface area (Å²) in [6.07, 6.45) is 2.25. The highest BCUT2D eigenvalue weighted by Gasteiger charge is 2.28. The van der Waals surface area contributed by atoms with Crippen molar-refractivity contribution in [2.45, 2.75) is 12.5 Å². The molecule has 1 aromatic carbocycles. The van der Waals surface area contributed by atoms with Gasteiger partial charge < -0.3 is 14.2 Å². The third-order valence-corrected chi connectivity index (χ3v) is 4.19. The number of para-hydroxylation sites is 1. The number of halogens is 1. The van der Waals surface area contributed by atoms with Crippen molar-refractivity contribution in [2.24, 2.45) is 0 Å². The number of fused-ring (bicyclic) bond motifs is 1. The van der Waals surface area contributed by atoms with Gasteiger partial charge in [0, 0.05) is 24.2 Å². The van der Waals surface area contributed by atoms with Crippen LogP contribution in [-0.4, -0.2) is 43.4 Å². The molecule has 2 aliphatic heterocycles. The van der Waals surface area contributed by atoms with E-state index >= 15 is 0 Å². The fourth-order valence-electron chi connectivity index (χ4n) is 2.98. The average Bonchev–Trinajstić information content (AvgIpc) is 3.14. The maximum atomic E-state index is 14.2. The standard InChI is InChI=1S/C18H17FN2O4/c19-14-2-1-3-15-17(14)21(7-9-24-15)18(22)12-4-6-20-16(10-12)25-13-5-8-23-11-13/h1-4,6,10,13H,5,7-9,11H2/t13-/m0/s1. The first-order valence-electron chi connectivity index (χ1n) is 8.16. The number of pyridine rings is 1. The molecule has 1 fully saturated rings. The Labute approximate surface area is 144 Å². The molecule has 2 aromatic rings. The predicted octanol–water partition coefficient (Wildman–Crippen LogP) is 2.43. The van der Waals surface area contributed by atoms with Crippen LogP contribution in [0.15, 0.2) is 36.5 Å². The highest BCUT2D eigenvalue weighted by atomic mass is 19.1. The van der Waals surface area contributed by atoms with Crippen molar-refractivity contribution >= 4 is 11.6 Å². The lowest BCUT2D eigenvalue weighted by molar-refractivity contribution is 0.0973. The molecule has 3 heterocycles. The van der Waals surface area contributed by atoms with E-state index in [-0.39, 0.29) is 24.2 Å². The highest BCUT2D eigenvalue weighted by molar-refractivity contribution is 6.07. The van der Waals surface area contributed by atoms with E-state index < -0.39 is 5.82 Å². The molecule has 0 unspecified atom stereocenters. The number of nitrogens with zero attached hydrogens (tertiary/aromatic N) is 2. The number of ether oxygens (including phenoxy) is 3. The van der Waals surface area contributed by atoms with Crippen molar-refractivity contribution in [3.63, 3.8) is 0 Å². The number of aromatic nitrogens is 1. The Kier molecular flexibility index (Phi) is 4.23. The van der Waals surface area contributed by atoms with Crippen LogP contribution in [0.3, 0.4) is 0 Å². The Bertz CT molecular complexity index is 792. The molecular formula is C18H17FN2O4. The maximum absolute atomic E-state index is 14.2. The van der Waals surface area contributed by atoms with Crippen molar-refractivity contribution in [2.75, 3.05) is 31.3 Å². The fourth-order valence-corrected chi connectivity index (χ4v) is 2.98. The lowest BCUT2D eigenvalue weighted by Crippen LogP contribution is -2.38. The van der Waals surface area contributed by atoms with Gasteiger partial charge in [-0.05, 0) is 18.2 Å². The monoisotopic (exact) mass is 344 g/mol. The minimum absolute atomic E-state index is 0.0561. The van der Waals surface area contributed by atoms with E-state index in [1.165, 1.54) is 17.2 Å². The summed E-state index contributed by atoms with van der Waals surface area (Å²) in [4.78, 5) is 18.4. The zero-order valence-corrected chi connectivity index (χ0v) is 13.5. The molecule has 1 amide bonds. The minimum atomic E-state index is -0.487. The van der Waals surface area contributed by atoms with Crippen molar-refractivity contribution in [3.8, 4) is 11.6 Å². The van der Waals surface area contributed by atoms with Crippen LogP contribution in [0.5, 0.6) is 11.6 Å². The lowest BCUT2D eigenvalue weighted by atomic mass is 10.1. The second kappa shape index (κ2) is 6.68. The first-order chi connectivity index (χ1) is 12.2. The number of hydrogen-bond acceptors (Lipinski definition) is 5. The van der Waals surface area contributed by atoms with Crippen molar-refractivity contribution in [3.05, 3.63) is 47.9 Å². The normalized spacial score (nSPS) is 19.2. The molecule has 1 atom stereocenters. The number of rotatable bonds is 3. The number of anilines is 1. The van der Waals surface area contributed by atoms with Gasteiger partial charge >= 0.3 is 0 Å². The lowest BCUT2D eigenvalue weighted by Gasteiger charge is -2.29. The van der Waals surface area contributed by atoms with Crippen LogP contribution in [0.2, 0.25) is 0 Å². The van der Waals surface area contributed by atoms with Gasteiger partial charge in [-0.1, -0.05) is 6.07 Å². The van der Waals surface area contributed by atoms with Crippen LogP contribution < -0.4 is 14.4 Å². The molecule has 4 rings (SSSR count). The molecule has 6 nitrogen and oxygen atoms in total. The minimum Gasteiger partial charge on any atom is -0.489 e. The van der Waals surface area contributed by atoms with Crippen LogP contribution in [0.1, 0.15) is 16.8 Å². The topological polar surface area (TPSA) is 60.9 Å². The number of amides is 1. The summed E-state index contributed by atoms with van der Waals surface area (Å²) in [6.45, 7) is 1.77. The molecule has 1 saturated heterocycles. The second-order valence-corrected chi connectivity index (χ2v) is 5.88. The molecule has 25 heavy (non-hydrogen) atoms. The van der Waals surface area contributed by atoms with Gasteiger partial charge in [0.15, 0.2) is 5.82 Å². The molecule has 0 saturated carbocycles. The zero-order chi connectivity index (χ0) is 17.2. The summed E-state index contributed by atoms with van der Waals surface area (Å²) >= 11 is 0. The van der Waals surface area contributed by atoms with Crippen molar-refractivity contribution in [1.82, 2.24) is 4.98 Å². The molecule has 1 aromatic heterocycles. The van der Waals surface area contributed by atoms with Gasteiger partial charge in [-0.2, -0.15) is 0 Å². The van der Waals surface area contributed by atoms with Crippen LogP contribution in [0.4, 0.5) is 10.1 Å². The van der Waals surface area contributed by atoms with E-state index in [4.69, 9.17) is 14.2 Å². The number of benzene rings is 1. The van der Waals surface area contributed by atoms with Crippen LogP contribution in [-0.2, 0) is 4.74 Å². The maximum Gasteiger partial charge on any atom is 0.258 e. The summed E-state index contributed by atoms with van der Waals surface area (Å²) in [5.74, 6) is -0.0691. The van der Waals surface area contributed by atoms with E-state index in [1.807, 2.05) is 0 Å².